The van der Waals surface area contributed by atoms with E-state index in [4.69, 9.17) is 4.74 Å². The number of fused-ring (bicyclic) bond motifs is 1. The molecule has 10 heteroatoms. The minimum atomic E-state index is -0.312. The zero-order valence-electron chi connectivity index (χ0n) is 19.2. The van der Waals surface area contributed by atoms with E-state index in [1.807, 2.05) is 19.1 Å². The first kappa shape index (κ1) is 23.7. The number of hydrogen-bond acceptors (Lipinski definition) is 7. The second-order valence-corrected chi connectivity index (χ2v) is 9.00. The van der Waals surface area contributed by atoms with E-state index in [-0.39, 0.29) is 29.4 Å². The summed E-state index contributed by atoms with van der Waals surface area (Å²) in [5, 5.41) is 3.93. The third kappa shape index (κ3) is 5.39. The molecule has 9 nitrogen and oxygen atoms in total. The fourth-order valence-electron chi connectivity index (χ4n) is 3.82. The molecule has 1 aromatic carbocycles. The van der Waals surface area contributed by atoms with Crippen LogP contribution in [0.2, 0.25) is 0 Å². The predicted molar refractivity (Wildman–Crippen MR) is 130 cm³/mol. The number of aromatic nitrogens is 3. The van der Waals surface area contributed by atoms with Crippen LogP contribution in [0.15, 0.2) is 52.5 Å². The van der Waals surface area contributed by atoms with Crippen LogP contribution in [0.25, 0.3) is 16.7 Å². The largest absolute Gasteiger partial charge is 0.450 e. The highest BCUT2D eigenvalue weighted by molar-refractivity contribution is 7.99. The van der Waals surface area contributed by atoms with Crippen LogP contribution in [0.5, 0.6) is 0 Å². The van der Waals surface area contributed by atoms with Gasteiger partial charge in [-0.2, -0.15) is 0 Å². The second kappa shape index (κ2) is 10.7. The number of hydrogen-bond donors (Lipinski definition) is 1. The van der Waals surface area contributed by atoms with Gasteiger partial charge in [0.2, 0.25) is 5.91 Å². The average Bonchev–Trinajstić information content (AvgIpc) is 2.84. The van der Waals surface area contributed by atoms with Crippen LogP contribution in [0.1, 0.15) is 25.3 Å². The summed E-state index contributed by atoms with van der Waals surface area (Å²) in [4.78, 5) is 48.5. The van der Waals surface area contributed by atoms with Crippen molar-refractivity contribution in [3.8, 4) is 5.82 Å². The highest BCUT2D eigenvalue weighted by Gasteiger charge is 2.25. The van der Waals surface area contributed by atoms with Crippen molar-refractivity contribution in [2.75, 3.05) is 25.4 Å². The van der Waals surface area contributed by atoms with Crippen molar-refractivity contribution < 1.29 is 14.3 Å². The Bertz CT molecular complexity index is 1240. The molecule has 1 fully saturated rings. The summed E-state index contributed by atoms with van der Waals surface area (Å²) in [5.74, 6) is 0.419. The Kier molecular flexibility index (Phi) is 7.46. The number of piperidine rings is 1. The number of rotatable bonds is 6. The van der Waals surface area contributed by atoms with E-state index >= 15 is 0 Å². The third-order valence-corrected chi connectivity index (χ3v) is 6.53. The van der Waals surface area contributed by atoms with Gasteiger partial charge in [-0.05, 0) is 50.5 Å². The van der Waals surface area contributed by atoms with Gasteiger partial charge in [-0.15, -0.1) is 0 Å². The fourth-order valence-corrected chi connectivity index (χ4v) is 4.64. The highest BCUT2D eigenvalue weighted by atomic mass is 32.2. The van der Waals surface area contributed by atoms with E-state index in [1.54, 1.807) is 42.3 Å². The lowest BCUT2D eigenvalue weighted by Gasteiger charge is -2.31. The average molecular weight is 482 g/mol. The van der Waals surface area contributed by atoms with Crippen LogP contribution < -0.4 is 10.9 Å². The zero-order valence-corrected chi connectivity index (χ0v) is 20.0. The lowest BCUT2D eigenvalue weighted by molar-refractivity contribution is -0.119. The van der Waals surface area contributed by atoms with Gasteiger partial charge in [0.1, 0.15) is 5.82 Å². The normalized spacial score (nSPS) is 14.2. The van der Waals surface area contributed by atoms with Gasteiger partial charge in [-0.1, -0.05) is 30.0 Å². The van der Waals surface area contributed by atoms with Gasteiger partial charge >= 0.3 is 6.09 Å². The number of likely N-dealkylation sites (tertiary alicyclic amines) is 1. The molecule has 1 N–H and O–H groups in total. The van der Waals surface area contributed by atoms with Gasteiger partial charge in [-0.3, -0.25) is 9.59 Å². The second-order valence-electron chi connectivity index (χ2n) is 8.06. The molecule has 2 amide bonds. The van der Waals surface area contributed by atoms with Gasteiger partial charge in [0, 0.05) is 25.3 Å². The molecular weight excluding hydrogens is 454 g/mol. The number of para-hydroxylation sites is 1. The molecule has 0 aliphatic carbocycles. The van der Waals surface area contributed by atoms with Crippen LogP contribution in [0.3, 0.4) is 0 Å². The first-order valence-electron chi connectivity index (χ1n) is 11.2. The first-order valence-corrected chi connectivity index (χ1v) is 12.2. The summed E-state index contributed by atoms with van der Waals surface area (Å²) < 4.78 is 6.49. The van der Waals surface area contributed by atoms with Crippen molar-refractivity contribution in [2.45, 2.75) is 37.9 Å². The molecule has 0 radical (unpaired) electrons. The number of carbonyl (C=O) groups excluding carboxylic acids is 2. The predicted octanol–water partition coefficient (Wildman–Crippen LogP) is 2.92. The van der Waals surface area contributed by atoms with Crippen LogP contribution in [-0.2, 0) is 9.53 Å². The molecule has 178 valence electrons. The number of nitrogens with zero attached hydrogens (tertiary/aromatic N) is 4. The summed E-state index contributed by atoms with van der Waals surface area (Å²) in [7, 11) is 0. The summed E-state index contributed by atoms with van der Waals surface area (Å²) in [6, 6.07) is 10.8. The number of thioether (sulfide) groups is 1. The maximum Gasteiger partial charge on any atom is 0.409 e. The van der Waals surface area contributed by atoms with Gasteiger partial charge < -0.3 is 15.0 Å². The molecule has 0 unspecified atom stereocenters. The Morgan fingerprint density at radius 3 is 2.65 bits per heavy atom. The number of amides is 2. The van der Waals surface area contributed by atoms with Crippen LogP contribution in [0, 0.1) is 6.92 Å². The Morgan fingerprint density at radius 2 is 1.94 bits per heavy atom. The number of aryl methyl sites for hydroxylation is 1. The van der Waals surface area contributed by atoms with E-state index in [0.29, 0.717) is 54.4 Å². The molecule has 34 heavy (non-hydrogen) atoms. The number of benzene rings is 1. The molecule has 1 aliphatic rings. The van der Waals surface area contributed by atoms with Crippen LogP contribution in [0.4, 0.5) is 4.79 Å². The fraction of sp³-hybridized carbons (Fsp3) is 0.375. The Morgan fingerprint density at radius 1 is 1.18 bits per heavy atom. The maximum atomic E-state index is 13.3. The molecule has 0 atom stereocenters. The van der Waals surface area contributed by atoms with Crippen molar-refractivity contribution in [1.29, 1.82) is 0 Å². The minimum Gasteiger partial charge on any atom is -0.450 e. The minimum absolute atomic E-state index is 0.00991. The molecule has 0 bridgehead atoms. The molecule has 0 saturated carbocycles. The van der Waals surface area contributed by atoms with E-state index in [9.17, 15) is 14.4 Å². The van der Waals surface area contributed by atoms with Crippen molar-refractivity contribution in [2.24, 2.45) is 0 Å². The van der Waals surface area contributed by atoms with Crippen LogP contribution >= 0.6 is 11.8 Å². The van der Waals surface area contributed by atoms with E-state index in [0.717, 1.165) is 5.56 Å². The molecule has 0 spiro atoms. The lowest BCUT2D eigenvalue weighted by Crippen LogP contribution is -2.47. The van der Waals surface area contributed by atoms with Crippen molar-refractivity contribution in [3.63, 3.8) is 0 Å². The molecule has 2 aromatic heterocycles. The first-order chi connectivity index (χ1) is 16.5. The molecule has 1 aliphatic heterocycles. The highest BCUT2D eigenvalue weighted by Crippen LogP contribution is 2.21. The van der Waals surface area contributed by atoms with Gasteiger partial charge in [-0.25, -0.2) is 19.3 Å². The summed E-state index contributed by atoms with van der Waals surface area (Å²) in [6.45, 7) is 5.14. The SMILES string of the molecule is CCOC(=O)N1CCC(NC(=O)CSc2nc3ccccc3c(=O)n2-c2ccc(C)cn2)CC1. The zero-order chi connectivity index (χ0) is 24.1. The monoisotopic (exact) mass is 481 g/mol. The summed E-state index contributed by atoms with van der Waals surface area (Å²) in [6.07, 6.45) is 2.72. The van der Waals surface area contributed by atoms with Gasteiger partial charge in [0.25, 0.3) is 5.56 Å². The molecule has 3 aromatic rings. The molecular formula is C24H27N5O4S. The van der Waals surface area contributed by atoms with Gasteiger partial charge in [0.15, 0.2) is 5.16 Å². The number of pyridine rings is 1. The van der Waals surface area contributed by atoms with Crippen LogP contribution in [-0.4, -0.2) is 62.9 Å². The standard InChI is InChI=1S/C24H27N5O4S/c1-3-33-24(32)28-12-10-17(11-13-28)26-21(30)15-34-23-27-19-7-5-4-6-18(19)22(31)29(23)20-9-8-16(2)14-25-20/h4-9,14,17H,3,10-13,15H2,1-2H3,(H,26,30). The Hall–Kier alpha value is -3.40. The van der Waals surface area contributed by atoms with Gasteiger partial charge in [0.05, 0.1) is 23.3 Å². The number of carbonyl (C=O) groups is 2. The quantitative estimate of drug-likeness (QED) is 0.426. The van der Waals surface area contributed by atoms with Crippen molar-refractivity contribution in [3.05, 3.63) is 58.5 Å². The van der Waals surface area contributed by atoms with E-state index in [2.05, 4.69) is 15.3 Å². The molecule has 1 saturated heterocycles. The molecule has 4 rings (SSSR count). The van der Waals surface area contributed by atoms with E-state index < -0.39 is 0 Å². The third-order valence-electron chi connectivity index (χ3n) is 5.59. The lowest BCUT2D eigenvalue weighted by atomic mass is 10.1. The Labute approximate surface area is 201 Å². The number of ether oxygens (including phenoxy) is 1. The van der Waals surface area contributed by atoms with Crippen molar-refractivity contribution in [1.82, 2.24) is 24.8 Å². The number of nitrogens with one attached hydrogen (secondary N) is 1. The summed E-state index contributed by atoms with van der Waals surface area (Å²) >= 11 is 1.20. The topological polar surface area (TPSA) is 106 Å². The van der Waals surface area contributed by atoms with E-state index in [1.165, 1.54) is 16.3 Å². The van der Waals surface area contributed by atoms with Crippen molar-refractivity contribution >= 4 is 34.7 Å². The Balaban J connectivity index is 1.46. The maximum absolute atomic E-state index is 13.3. The smallest absolute Gasteiger partial charge is 0.409 e. The summed E-state index contributed by atoms with van der Waals surface area (Å²) in [5.41, 5.74) is 1.33. The molecule has 3 heterocycles.